The van der Waals surface area contributed by atoms with Gasteiger partial charge in [-0.2, -0.15) is 21.6 Å². The van der Waals surface area contributed by atoms with Gasteiger partial charge in [-0.3, -0.25) is 0 Å². The molecule has 0 aliphatic heterocycles. The van der Waals surface area contributed by atoms with Gasteiger partial charge in [-0.1, -0.05) is 151 Å². The van der Waals surface area contributed by atoms with Gasteiger partial charge in [-0.25, -0.2) is 0 Å². The van der Waals surface area contributed by atoms with E-state index in [1.54, 1.807) is 6.07 Å². The van der Waals surface area contributed by atoms with Crippen LogP contribution in [-0.4, -0.2) is 13.9 Å². The predicted molar refractivity (Wildman–Crippen MR) is 418 cm³/mol. The number of nitrogens with zero attached hydrogens (tertiary/aromatic N) is 2. The molecule has 0 spiro atoms. The van der Waals surface area contributed by atoms with Gasteiger partial charge in [0.2, 0.25) is 0 Å². The van der Waals surface area contributed by atoms with Gasteiger partial charge in [-0.15, -0.1) is 0 Å². The number of hydrogen-bond acceptors (Lipinski definition) is 10. The number of fused-ring (bicyclic) bond motifs is 16. The molecular weight excluding hydrogens is 1320 g/mol. The lowest BCUT2D eigenvalue weighted by Gasteiger charge is -2.25. The van der Waals surface area contributed by atoms with Crippen molar-refractivity contribution in [2.75, 3.05) is 15.1 Å². The molecule has 0 bridgehead atoms. The van der Waals surface area contributed by atoms with Gasteiger partial charge >= 0.3 is 15.6 Å². The second-order valence-electron chi connectivity index (χ2n) is 25.8. The third-order valence-electron chi connectivity index (χ3n) is 19.0. The van der Waals surface area contributed by atoms with Crippen molar-refractivity contribution < 1.29 is 43.4 Å². The molecule has 0 fully saturated rings. The van der Waals surface area contributed by atoms with Crippen LogP contribution < -0.4 is 19.3 Å². The molecule has 0 saturated heterocycles. The van der Waals surface area contributed by atoms with Crippen LogP contribution >= 0.6 is 0 Å². The lowest BCUT2D eigenvalue weighted by atomic mass is 10.0. The van der Waals surface area contributed by atoms with Crippen molar-refractivity contribution in [3.63, 3.8) is 0 Å². The van der Waals surface area contributed by atoms with E-state index in [1.807, 2.05) is 91.9 Å². The third-order valence-corrected chi connectivity index (χ3v) is 19.9. The standard InChI is InChI=1S/C50H32N2O2.C28H15F3O5S.C12H11N/c1-5-13-37(14-6-1)51(38-15-7-2-8-16-38)41-23-21-33-27-43-45-31-50-46(32-49(45)53-47(43)29-35(33)25-41)44-28-34-22-24-42(26-36(34)30-48(44)54-50)52(39-17-9-3-10-18-39)40-19-11-4-12-20-40;1-14-2-3-15-8-20-22-12-27-23(13-26(22)34-24(20)10-17(15)6-14)21-9-16-4-5-19(7-18(16)11-25(21)35-27)36-37(32,33)28(29,30)31;1-3-7-11(8-4-1)13-12-9-5-2-6-10-12/h1-32H;2-13H,1H3;1-10,13H. The van der Waals surface area contributed by atoms with E-state index in [-0.39, 0.29) is 0 Å². The van der Waals surface area contributed by atoms with E-state index >= 15 is 0 Å². The van der Waals surface area contributed by atoms with E-state index in [1.165, 1.54) is 23.8 Å². The summed E-state index contributed by atoms with van der Waals surface area (Å²) in [4.78, 5) is 4.57. The Morgan fingerprint density at radius 1 is 0.288 bits per heavy atom. The number of alkyl halides is 3. The first-order valence-electron chi connectivity index (χ1n) is 33.8. The van der Waals surface area contributed by atoms with Gasteiger partial charge in [0.25, 0.3) is 0 Å². The lowest BCUT2D eigenvalue weighted by molar-refractivity contribution is -0.0500. The maximum absolute atomic E-state index is 12.7. The summed E-state index contributed by atoms with van der Waals surface area (Å²) in [5, 5.41) is 18.9. The largest absolute Gasteiger partial charge is 0.534 e. The van der Waals surface area contributed by atoms with E-state index < -0.39 is 21.4 Å². The molecule has 0 unspecified atom stereocenters. The molecule has 4 aromatic heterocycles. The van der Waals surface area contributed by atoms with Gasteiger partial charge in [-0.05, 0) is 232 Å². The summed E-state index contributed by atoms with van der Waals surface area (Å²) < 4.78 is 90.7. The number of anilines is 8. The normalized spacial score (nSPS) is 11.9. The average Bonchev–Trinajstić information content (AvgIpc) is 1.58. The molecule has 0 saturated carbocycles. The number of rotatable bonds is 10. The second-order valence-corrected chi connectivity index (χ2v) is 27.3. The first kappa shape index (κ1) is 62.9. The maximum atomic E-state index is 12.7. The number of para-hydroxylation sites is 6. The Kier molecular flexibility index (Phi) is 15.4. The number of halogens is 3. The van der Waals surface area contributed by atoms with Crippen molar-refractivity contribution >= 4 is 186 Å². The van der Waals surface area contributed by atoms with Crippen LogP contribution in [-0.2, 0) is 10.1 Å². The van der Waals surface area contributed by atoms with Gasteiger partial charge in [0, 0.05) is 88.6 Å². The fourth-order valence-electron chi connectivity index (χ4n) is 14.0. The summed E-state index contributed by atoms with van der Waals surface area (Å²) in [5.74, 6) is -0.438. The highest BCUT2D eigenvalue weighted by Gasteiger charge is 2.48. The minimum Gasteiger partial charge on any atom is -0.456 e. The van der Waals surface area contributed by atoms with Crippen molar-refractivity contribution in [3.05, 3.63) is 333 Å². The fraction of sp³-hybridized carbons (Fsp3) is 0.0222. The summed E-state index contributed by atoms with van der Waals surface area (Å²) in [6.07, 6.45) is 0. The Bertz CT molecular complexity index is 6480. The van der Waals surface area contributed by atoms with Gasteiger partial charge in [0.05, 0.1) is 0 Å². The monoisotopic (exact) mass is 1380 g/mol. The van der Waals surface area contributed by atoms with Crippen LogP contribution in [0.15, 0.2) is 345 Å². The van der Waals surface area contributed by atoms with E-state index in [0.29, 0.717) is 27.5 Å². The van der Waals surface area contributed by atoms with E-state index in [2.05, 4.69) is 238 Å². The lowest BCUT2D eigenvalue weighted by Crippen LogP contribution is -2.28. The molecule has 1 N–H and O–H groups in total. The van der Waals surface area contributed by atoms with Gasteiger partial charge < -0.3 is 37.0 Å². The number of nitrogens with one attached hydrogen (secondary N) is 1. The molecule has 0 atom stereocenters. The molecule has 104 heavy (non-hydrogen) atoms. The second kappa shape index (κ2) is 25.4. The summed E-state index contributed by atoms with van der Waals surface area (Å²) in [6.45, 7) is 2.05. The minimum absolute atomic E-state index is 0.438. The topological polar surface area (TPSA) is 114 Å². The third kappa shape index (κ3) is 11.8. The highest BCUT2D eigenvalue weighted by Crippen LogP contribution is 2.45. The molecule has 10 nitrogen and oxygen atoms in total. The first-order valence-corrected chi connectivity index (χ1v) is 35.2. The molecule has 4 heterocycles. The molecule has 20 aromatic rings. The molecule has 502 valence electrons. The van der Waals surface area contributed by atoms with Crippen LogP contribution in [0.3, 0.4) is 0 Å². The smallest absolute Gasteiger partial charge is 0.456 e. The Morgan fingerprint density at radius 2 is 0.567 bits per heavy atom. The van der Waals surface area contributed by atoms with Crippen LogP contribution in [0.5, 0.6) is 5.75 Å². The predicted octanol–water partition coefficient (Wildman–Crippen LogP) is 26.5. The molecule has 0 aliphatic rings. The first-order chi connectivity index (χ1) is 50.7. The number of aryl methyl sites for hydroxylation is 1. The molecule has 0 amide bonds. The molecule has 0 aliphatic carbocycles. The zero-order valence-electron chi connectivity index (χ0n) is 55.5. The molecule has 14 heteroatoms. The fourth-order valence-corrected chi connectivity index (χ4v) is 14.5. The number of furan rings is 4. The van der Waals surface area contributed by atoms with Crippen LogP contribution in [0.4, 0.5) is 58.7 Å². The Balaban J connectivity index is 0.000000132. The number of benzene rings is 16. The molecule has 20 rings (SSSR count). The highest BCUT2D eigenvalue weighted by atomic mass is 32.2. The zero-order valence-corrected chi connectivity index (χ0v) is 56.3. The van der Waals surface area contributed by atoms with E-state index in [9.17, 15) is 21.6 Å². The van der Waals surface area contributed by atoms with Crippen LogP contribution in [0.25, 0.3) is 131 Å². The zero-order chi connectivity index (χ0) is 70.2. The van der Waals surface area contributed by atoms with Crippen molar-refractivity contribution in [1.29, 1.82) is 0 Å². The SMILES string of the molecule is Cc1ccc2cc3c(cc2c1)oc1cc2c(cc13)oc1cc3cc(OS(=O)(=O)C(F)(F)F)ccc3cc12.c1ccc(N(c2ccccc2)c2ccc3cc4c(cc3c2)oc2cc3c(cc24)oc2cc4cc(N(c5ccccc5)c5ccccc5)ccc4cc23)cc1.c1ccc(Nc2ccccc2)cc1. The quantitative estimate of drug-likeness (QED) is 0.105. The number of hydrogen-bond donors (Lipinski definition) is 1. The van der Waals surface area contributed by atoms with Crippen molar-refractivity contribution in [2.24, 2.45) is 0 Å². The highest BCUT2D eigenvalue weighted by molar-refractivity contribution is 7.88. The van der Waals surface area contributed by atoms with Gasteiger partial charge in [0.15, 0.2) is 0 Å². The van der Waals surface area contributed by atoms with Crippen molar-refractivity contribution in [3.8, 4) is 5.75 Å². The van der Waals surface area contributed by atoms with E-state index in [0.717, 1.165) is 149 Å². The van der Waals surface area contributed by atoms with Crippen LogP contribution in [0, 0.1) is 6.92 Å². The van der Waals surface area contributed by atoms with Gasteiger partial charge in [0.1, 0.15) is 50.4 Å². The summed E-state index contributed by atoms with van der Waals surface area (Å²) >= 11 is 0. The average molecular weight is 1380 g/mol. The Hall–Kier alpha value is -13.3. The maximum Gasteiger partial charge on any atom is 0.534 e. The molecular formula is C90H58F3N3O7S. The van der Waals surface area contributed by atoms with Crippen molar-refractivity contribution in [2.45, 2.75) is 12.4 Å². The minimum atomic E-state index is -5.77. The van der Waals surface area contributed by atoms with Crippen molar-refractivity contribution in [1.82, 2.24) is 0 Å². The van der Waals surface area contributed by atoms with Crippen LogP contribution in [0.2, 0.25) is 0 Å². The van der Waals surface area contributed by atoms with Crippen LogP contribution in [0.1, 0.15) is 5.56 Å². The summed E-state index contributed by atoms with van der Waals surface area (Å²) in [7, 11) is -5.77. The Morgan fingerprint density at radius 3 is 0.904 bits per heavy atom. The summed E-state index contributed by atoms with van der Waals surface area (Å²) in [5.41, 5.74) is 10.5. The Labute approximate surface area is 592 Å². The van der Waals surface area contributed by atoms with E-state index in [4.69, 9.17) is 17.7 Å². The summed E-state index contributed by atoms with van der Waals surface area (Å²) in [6, 6.07) is 110. The molecule has 16 aromatic carbocycles. The molecule has 0 radical (unpaired) electrons.